The van der Waals surface area contributed by atoms with Crippen molar-refractivity contribution in [2.45, 2.75) is 6.10 Å². The molecule has 0 aromatic heterocycles. The lowest BCUT2D eigenvalue weighted by Crippen LogP contribution is -2.51. The molecule has 0 saturated heterocycles. The van der Waals surface area contributed by atoms with E-state index in [1.165, 1.54) is 11.9 Å². The summed E-state index contributed by atoms with van der Waals surface area (Å²) in [5.41, 5.74) is 5.07. The molecule has 0 radical (unpaired) electrons. The normalized spacial score (nSPS) is 21.6. The van der Waals surface area contributed by atoms with Crippen molar-refractivity contribution in [2.75, 3.05) is 11.9 Å². The standard InChI is InChI=1S/C12H13N3O4/c1-15-8-5-3-2-4-7(8)10(17)9(12(15)19)11(18)14-13-6-16/h2-6,9-10,17H,1H3,(H,13,16)(H,14,18). The molecule has 1 aliphatic heterocycles. The zero-order chi connectivity index (χ0) is 14.0. The molecule has 19 heavy (non-hydrogen) atoms. The molecular weight excluding hydrogens is 250 g/mol. The molecule has 1 heterocycles. The molecule has 2 rings (SSSR count). The van der Waals surface area contributed by atoms with Gasteiger partial charge in [-0.15, -0.1) is 0 Å². The van der Waals surface area contributed by atoms with Crippen LogP contribution in [0.3, 0.4) is 0 Å². The molecule has 3 N–H and O–H groups in total. The van der Waals surface area contributed by atoms with Crippen molar-refractivity contribution < 1.29 is 19.5 Å². The lowest BCUT2D eigenvalue weighted by Gasteiger charge is -2.34. The van der Waals surface area contributed by atoms with Crippen LogP contribution in [0, 0.1) is 5.92 Å². The van der Waals surface area contributed by atoms with E-state index >= 15 is 0 Å². The van der Waals surface area contributed by atoms with E-state index in [4.69, 9.17) is 0 Å². The minimum absolute atomic E-state index is 0.273. The number of anilines is 1. The van der Waals surface area contributed by atoms with Gasteiger partial charge in [0.25, 0.3) is 5.91 Å². The van der Waals surface area contributed by atoms with Crippen molar-refractivity contribution in [1.82, 2.24) is 10.9 Å². The van der Waals surface area contributed by atoms with Crippen LogP contribution in [-0.4, -0.2) is 30.4 Å². The van der Waals surface area contributed by atoms with Gasteiger partial charge in [0.2, 0.25) is 12.3 Å². The highest BCUT2D eigenvalue weighted by atomic mass is 16.3. The van der Waals surface area contributed by atoms with Crippen molar-refractivity contribution in [3.05, 3.63) is 29.8 Å². The quantitative estimate of drug-likeness (QED) is 0.373. The third-order valence-corrected chi connectivity index (χ3v) is 3.07. The number of hydrazine groups is 1. The van der Waals surface area contributed by atoms with Crippen LogP contribution in [0.5, 0.6) is 0 Å². The van der Waals surface area contributed by atoms with E-state index in [1.54, 1.807) is 24.3 Å². The van der Waals surface area contributed by atoms with Crippen LogP contribution >= 0.6 is 0 Å². The molecule has 3 amide bonds. The van der Waals surface area contributed by atoms with Crippen LogP contribution < -0.4 is 15.8 Å². The Balaban J connectivity index is 2.35. The number of hydrogen-bond acceptors (Lipinski definition) is 4. The largest absolute Gasteiger partial charge is 0.387 e. The Morgan fingerprint density at radius 2 is 2.11 bits per heavy atom. The van der Waals surface area contributed by atoms with Crippen LogP contribution in [0.15, 0.2) is 24.3 Å². The first kappa shape index (κ1) is 13.0. The summed E-state index contributed by atoms with van der Waals surface area (Å²) in [7, 11) is 1.53. The van der Waals surface area contributed by atoms with Crippen molar-refractivity contribution in [3.8, 4) is 0 Å². The average molecular weight is 263 g/mol. The van der Waals surface area contributed by atoms with Crippen LogP contribution in [0.1, 0.15) is 11.7 Å². The zero-order valence-electron chi connectivity index (χ0n) is 10.2. The molecule has 2 atom stereocenters. The summed E-state index contributed by atoms with van der Waals surface area (Å²) in [6.45, 7) is 0. The first-order valence-electron chi connectivity index (χ1n) is 5.61. The number of hydrogen-bond donors (Lipinski definition) is 3. The zero-order valence-corrected chi connectivity index (χ0v) is 10.2. The lowest BCUT2D eigenvalue weighted by atomic mass is 9.88. The van der Waals surface area contributed by atoms with E-state index in [0.717, 1.165) is 0 Å². The first-order valence-corrected chi connectivity index (χ1v) is 5.61. The topological polar surface area (TPSA) is 98.7 Å². The van der Waals surface area contributed by atoms with E-state index in [2.05, 4.69) is 0 Å². The summed E-state index contributed by atoms with van der Waals surface area (Å²) in [6.07, 6.45) is -0.969. The molecule has 0 saturated carbocycles. The third kappa shape index (κ3) is 2.15. The molecule has 1 aromatic carbocycles. The minimum atomic E-state index is -1.28. The fourth-order valence-corrected chi connectivity index (χ4v) is 2.12. The maximum atomic E-state index is 12.1. The number of carbonyl (C=O) groups is 3. The molecule has 0 aliphatic carbocycles. The molecule has 0 fully saturated rings. The number of fused-ring (bicyclic) bond motifs is 1. The molecule has 0 bridgehead atoms. The predicted molar refractivity (Wildman–Crippen MR) is 65.6 cm³/mol. The third-order valence-electron chi connectivity index (χ3n) is 3.07. The summed E-state index contributed by atoms with van der Waals surface area (Å²) in [5.74, 6) is -2.57. The second-order valence-corrected chi connectivity index (χ2v) is 4.13. The molecule has 7 nitrogen and oxygen atoms in total. The predicted octanol–water partition coefficient (Wildman–Crippen LogP) is -0.910. The molecule has 100 valence electrons. The maximum Gasteiger partial charge on any atom is 0.254 e. The molecule has 0 spiro atoms. The van der Waals surface area contributed by atoms with Crippen LogP contribution in [0.25, 0.3) is 0 Å². The number of amides is 3. The van der Waals surface area contributed by atoms with Gasteiger partial charge in [-0.25, -0.2) is 0 Å². The number of aliphatic hydroxyl groups excluding tert-OH is 1. The van der Waals surface area contributed by atoms with Gasteiger partial charge in [0.1, 0.15) is 12.0 Å². The number of carbonyl (C=O) groups excluding carboxylic acids is 3. The molecule has 7 heteroatoms. The smallest absolute Gasteiger partial charge is 0.254 e. The highest BCUT2D eigenvalue weighted by Gasteiger charge is 2.42. The Bertz CT molecular complexity index is 531. The SMILES string of the molecule is CN1C(=O)C(C(=O)NNC=O)C(O)c2ccccc21. The van der Waals surface area contributed by atoms with Crippen molar-refractivity contribution >= 4 is 23.9 Å². The first-order chi connectivity index (χ1) is 9.07. The van der Waals surface area contributed by atoms with Gasteiger partial charge in [-0.1, -0.05) is 18.2 Å². The highest BCUT2D eigenvalue weighted by molar-refractivity contribution is 6.10. The molecule has 1 aliphatic rings. The monoisotopic (exact) mass is 263 g/mol. The Morgan fingerprint density at radius 3 is 2.79 bits per heavy atom. The second kappa shape index (κ2) is 5.07. The van der Waals surface area contributed by atoms with E-state index in [-0.39, 0.29) is 6.41 Å². The number of para-hydroxylation sites is 1. The second-order valence-electron chi connectivity index (χ2n) is 4.13. The number of aliphatic hydroxyl groups is 1. The van der Waals surface area contributed by atoms with Crippen molar-refractivity contribution in [1.29, 1.82) is 0 Å². The number of nitrogens with one attached hydrogen (secondary N) is 2. The highest BCUT2D eigenvalue weighted by Crippen LogP contribution is 2.36. The number of nitrogens with zero attached hydrogens (tertiary/aromatic N) is 1. The lowest BCUT2D eigenvalue weighted by molar-refractivity contribution is -0.140. The summed E-state index contributed by atoms with van der Waals surface area (Å²) in [4.78, 5) is 35.3. The van der Waals surface area contributed by atoms with Crippen molar-refractivity contribution in [2.24, 2.45) is 5.92 Å². The van der Waals surface area contributed by atoms with Gasteiger partial charge >= 0.3 is 0 Å². The molecule has 1 aromatic rings. The fraction of sp³-hybridized carbons (Fsp3) is 0.250. The Hall–Kier alpha value is -2.41. The van der Waals surface area contributed by atoms with E-state index in [9.17, 15) is 19.5 Å². The van der Waals surface area contributed by atoms with Gasteiger partial charge in [-0.05, 0) is 6.07 Å². The average Bonchev–Trinajstić information content (AvgIpc) is 2.43. The van der Waals surface area contributed by atoms with E-state index in [1.807, 2.05) is 10.9 Å². The van der Waals surface area contributed by atoms with Gasteiger partial charge in [-0.3, -0.25) is 25.2 Å². The Kier molecular flexibility index (Phi) is 3.48. The van der Waals surface area contributed by atoms with E-state index < -0.39 is 23.8 Å². The van der Waals surface area contributed by atoms with Gasteiger partial charge in [-0.2, -0.15) is 0 Å². The van der Waals surface area contributed by atoms with Crippen molar-refractivity contribution in [3.63, 3.8) is 0 Å². The fourth-order valence-electron chi connectivity index (χ4n) is 2.12. The Labute approximate surface area is 109 Å². The van der Waals surface area contributed by atoms with Gasteiger partial charge in [0.15, 0.2) is 0 Å². The molecule has 2 unspecified atom stereocenters. The van der Waals surface area contributed by atoms with Crippen LogP contribution in [0.4, 0.5) is 5.69 Å². The number of rotatable bonds is 3. The van der Waals surface area contributed by atoms with Gasteiger partial charge in [0, 0.05) is 18.3 Å². The maximum absolute atomic E-state index is 12.1. The summed E-state index contributed by atoms with van der Waals surface area (Å²) in [5, 5.41) is 10.2. The Morgan fingerprint density at radius 1 is 1.42 bits per heavy atom. The van der Waals surface area contributed by atoms with E-state index in [0.29, 0.717) is 11.3 Å². The molecular formula is C12H13N3O4. The summed E-state index contributed by atoms with van der Waals surface area (Å²) in [6, 6.07) is 6.79. The summed E-state index contributed by atoms with van der Waals surface area (Å²) < 4.78 is 0. The summed E-state index contributed by atoms with van der Waals surface area (Å²) >= 11 is 0. The van der Waals surface area contributed by atoms with Gasteiger partial charge < -0.3 is 10.0 Å². The minimum Gasteiger partial charge on any atom is -0.387 e. The van der Waals surface area contributed by atoms with Crippen LogP contribution in [-0.2, 0) is 14.4 Å². The van der Waals surface area contributed by atoms with Crippen LogP contribution in [0.2, 0.25) is 0 Å². The number of benzene rings is 1. The van der Waals surface area contributed by atoms with Gasteiger partial charge in [0.05, 0.1) is 0 Å².